The molecule has 1 aromatic heterocycles. The summed E-state index contributed by atoms with van der Waals surface area (Å²) >= 11 is 0. The molecule has 0 saturated carbocycles. The number of benzene rings is 2. The molecular formula is C21H22N4O. The molecule has 0 atom stereocenters. The summed E-state index contributed by atoms with van der Waals surface area (Å²) in [6.07, 6.45) is 1.61. The van der Waals surface area contributed by atoms with E-state index < -0.39 is 0 Å². The zero-order valence-corrected chi connectivity index (χ0v) is 15.2. The maximum absolute atomic E-state index is 12.6. The Bertz CT molecular complexity index is 909. The van der Waals surface area contributed by atoms with Crippen molar-refractivity contribution < 1.29 is 4.79 Å². The first-order chi connectivity index (χ1) is 12.5. The summed E-state index contributed by atoms with van der Waals surface area (Å²) in [4.78, 5) is 23.2. The number of hydrogen-bond donors (Lipinski definition) is 1. The van der Waals surface area contributed by atoms with Crippen LogP contribution in [0.1, 0.15) is 27.2 Å². The van der Waals surface area contributed by atoms with Crippen molar-refractivity contribution in [2.45, 2.75) is 20.4 Å². The molecule has 1 heterocycles. The van der Waals surface area contributed by atoms with Gasteiger partial charge >= 0.3 is 0 Å². The number of anilines is 2. The Hall–Kier alpha value is -3.21. The standard InChI is InChI=1S/C21H22N4O/c1-15-9-10-16(2)19(13-15)23-20(26)18-11-12-22-21(24-18)25(3)14-17-7-5-4-6-8-17/h4-13H,14H2,1-3H3,(H,23,26). The monoisotopic (exact) mass is 346 g/mol. The van der Waals surface area contributed by atoms with E-state index in [0.717, 1.165) is 22.4 Å². The minimum atomic E-state index is -0.240. The zero-order valence-electron chi connectivity index (χ0n) is 15.2. The second-order valence-corrected chi connectivity index (χ2v) is 6.36. The molecular weight excluding hydrogens is 324 g/mol. The number of hydrogen-bond acceptors (Lipinski definition) is 4. The van der Waals surface area contributed by atoms with Crippen molar-refractivity contribution in [3.63, 3.8) is 0 Å². The van der Waals surface area contributed by atoms with Crippen molar-refractivity contribution in [3.8, 4) is 0 Å². The lowest BCUT2D eigenvalue weighted by atomic mass is 10.1. The van der Waals surface area contributed by atoms with Crippen molar-refractivity contribution in [1.29, 1.82) is 0 Å². The minimum Gasteiger partial charge on any atom is -0.340 e. The van der Waals surface area contributed by atoms with E-state index >= 15 is 0 Å². The third kappa shape index (κ3) is 4.25. The SMILES string of the molecule is Cc1ccc(C)c(NC(=O)c2ccnc(N(C)Cc3ccccc3)n2)c1. The third-order valence-electron chi connectivity index (χ3n) is 4.12. The maximum Gasteiger partial charge on any atom is 0.274 e. The molecule has 0 aliphatic rings. The molecule has 0 aliphatic heterocycles. The topological polar surface area (TPSA) is 58.1 Å². The van der Waals surface area contributed by atoms with Crippen LogP contribution in [0.15, 0.2) is 60.8 Å². The van der Waals surface area contributed by atoms with Crippen LogP contribution in [-0.2, 0) is 6.54 Å². The van der Waals surface area contributed by atoms with Gasteiger partial charge in [0, 0.05) is 25.5 Å². The number of aryl methyl sites for hydroxylation is 2. The van der Waals surface area contributed by atoms with Gasteiger partial charge in [0.15, 0.2) is 0 Å². The Balaban J connectivity index is 1.76. The minimum absolute atomic E-state index is 0.240. The Labute approximate surface area is 153 Å². The van der Waals surface area contributed by atoms with E-state index in [-0.39, 0.29) is 5.91 Å². The van der Waals surface area contributed by atoms with Gasteiger partial charge in [-0.15, -0.1) is 0 Å². The van der Waals surface area contributed by atoms with E-state index in [9.17, 15) is 4.79 Å². The summed E-state index contributed by atoms with van der Waals surface area (Å²) in [6, 6.07) is 17.7. The fourth-order valence-corrected chi connectivity index (χ4v) is 2.64. The largest absolute Gasteiger partial charge is 0.340 e. The first-order valence-corrected chi connectivity index (χ1v) is 8.49. The highest BCUT2D eigenvalue weighted by atomic mass is 16.1. The van der Waals surface area contributed by atoms with Gasteiger partial charge in [-0.25, -0.2) is 9.97 Å². The van der Waals surface area contributed by atoms with E-state index in [2.05, 4.69) is 15.3 Å². The van der Waals surface area contributed by atoms with Crippen molar-refractivity contribution in [2.24, 2.45) is 0 Å². The Morgan fingerprint density at radius 3 is 2.62 bits per heavy atom. The van der Waals surface area contributed by atoms with Crippen molar-refractivity contribution >= 4 is 17.5 Å². The number of nitrogens with zero attached hydrogens (tertiary/aromatic N) is 3. The Morgan fingerprint density at radius 2 is 1.85 bits per heavy atom. The number of amides is 1. The fourth-order valence-electron chi connectivity index (χ4n) is 2.64. The van der Waals surface area contributed by atoms with Gasteiger partial charge in [-0.1, -0.05) is 42.5 Å². The average Bonchev–Trinajstić information content (AvgIpc) is 2.65. The highest BCUT2D eigenvalue weighted by Crippen LogP contribution is 2.18. The molecule has 0 unspecified atom stereocenters. The molecule has 0 bridgehead atoms. The van der Waals surface area contributed by atoms with Crippen LogP contribution < -0.4 is 10.2 Å². The fraction of sp³-hybridized carbons (Fsp3) is 0.190. The molecule has 0 spiro atoms. The molecule has 5 nitrogen and oxygen atoms in total. The summed E-state index contributed by atoms with van der Waals surface area (Å²) in [7, 11) is 1.91. The molecule has 26 heavy (non-hydrogen) atoms. The average molecular weight is 346 g/mol. The molecule has 1 N–H and O–H groups in total. The molecule has 5 heteroatoms. The van der Waals surface area contributed by atoms with Gasteiger partial charge in [0.05, 0.1) is 0 Å². The quantitative estimate of drug-likeness (QED) is 0.759. The van der Waals surface area contributed by atoms with Gasteiger partial charge in [0.2, 0.25) is 5.95 Å². The smallest absolute Gasteiger partial charge is 0.274 e. The van der Waals surface area contributed by atoms with Crippen LogP contribution in [0.4, 0.5) is 11.6 Å². The summed E-state index contributed by atoms with van der Waals surface area (Å²) in [5.74, 6) is 0.276. The summed E-state index contributed by atoms with van der Waals surface area (Å²) in [5.41, 5.74) is 4.41. The van der Waals surface area contributed by atoms with Crippen LogP contribution in [0, 0.1) is 13.8 Å². The van der Waals surface area contributed by atoms with Gasteiger partial charge in [0.1, 0.15) is 5.69 Å². The van der Waals surface area contributed by atoms with Gasteiger partial charge in [-0.05, 0) is 42.7 Å². The van der Waals surface area contributed by atoms with Crippen LogP contribution in [0.3, 0.4) is 0 Å². The van der Waals surface area contributed by atoms with Crippen LogP contribution >= 0.6 is 0 Å². The molecule has 2 aromatic carbocycles. The molecule has 0 saturated heterocycles. The number of rotatable bonds is 5. The van der Waals surface area contributed by atoms with Crippen molar-refractivity contribution in [1.82, 2.24) is 9.97 Å². The predicted octanol–water partition coefficient (Wildman–Crippen LogP) is 3.98. The van der Waals surface area contributed by atoms with Crippen LogP contribution in [0.25, 0.3) is 0 Å². The molecule has 0 radical (unpaired) electrons. The van der Waals surface area contributed by atoms with Crippen molar-refractivity contribution in [2.75, 3.05) is 17.3 Å². The van der Waals surface area contributed by atoms with Gasteiger partial charge in [0.25, 0.3) is 5.91 Å². The maximum atomic E-state index is 12.6. The number of nitrogens with one attached hydrogen (secondary N) is 1. The normalized spacial score (nSPS) is 10.4. The van der Waals surface area contributed by atoms with Gasteiger partial charge in [-0.3, -0.25) is 4.79 Å². The summed E-state index contributed by atoms with van der Waals surface area (Å²) in [6.45, 7) is 4.63. The second kappa shape index (κ2) is 7.78. The number of aromatic nitrogens is 2. The predicted molar refractivity (Wildman–Crippen MR) is 104 cm³/mol. The lowest BCUT2D eigenvalue weighted by Gasteiger charge is -2.17. The van der Waals surface area contributed by atoms with Crippen LogP contribution in [0.5, 0.6) is 0 Å². The van der Waals surface area contributed by atoms with Crippen LogP contribution in [-0.4, -0.2) is 22.9 Å². The van der Waals surface area contributed by atoms with Crippen molar-refractivity contribution in [3.05, 3.63) is 83.2 Å². The van der Waals surface area contributed by atoms with E-state index in [1.165, 1.54) is 0 Å². The molecule has 1 amide bonds. The van der Waals surface area contributed by atoms with Gasteiger partial charge in [-0.2, -0.15) is 0 Å². The summed E-state index contributed by atoms with van der Waals surface area (Å²) in [5, 5.41) is 2.94. The lowest BCUT2D eigenvalue weighted by Crippen LogP contribution is -2.21. The number of carbonyl (C=O) groups excluding carboxylic acids is 1. The van der Waals surface area contributed by atoms with E-state index in [0.29, 0.717) is 18.2 Å². The van der Waals surface area contributed by atoms with E-state index in [1.54, 1.807) is 12.3 Å². The Kier molecular flexibility index (Phi) is 5.27. The Morgan fingerprint density at radius 1 is 1.08 bits per heavy atom. The van der Waals surface area contributed by atoms with E-state index in [4.69, 9.17) is 0 Å². The molecule has 132 valence electrons. The molecule has 3 rings (SSSR count). The van der Waals surface area contributed by atoms with Crippen LogP contribution in [0.2, 0.25) is 0 Å². The third-order valence-corrected chi connectivity index (χ3v) is 4.12. The first kappa shape index (κ1) is 17.6. The molecule has 0 fully saturated rings. The molecule has 0 aliphatic carbocycles. The number of carbonyl (C=O) groups is 1. The second-order valence-electron chi connectivity index (χ2n) is 6.36. The van der Waals surface area contributed by atoms with E-state index in [1.807, 2.05) is 74.3 Å². The zero-order chi connectivity index (χ0) is 18.5. The highest BCUT2D eigenvalue weighted by Gasteiger charge is 2.13. The highest BCUT2D eigenvalue weighted by molar-refractivity contribution is 6.03. The van der Waals surface area contributed by atoms with Gasteiger partial charge < -0.3 is 10.2 Å². The molecule has 3 aromatic rings. The first-order valence-electron chi connectivity index (χ1n) is 8.49. The summed E-state index contributed by atoms with van der Waals surface area (Å²) < 4.78 is 0. The lowest BCUT2D eigenvalue weighted by molar-refractivity contribution is 0.102.